The summed E-state index contributed by atoms with van der Waals surface area (Å²) in [5, 5.41) is 0. The molecule has 0 N–H and O–H groups in total. The van der Waals surface area contributed by atoms with E-state index in [4.69, 9.17) is 0 Å². The van der Waals surface area contributed by atoms with Crippen LogP contribution in [0.25, 0.3) is 0 Å². The summed E-state index contributed by atoms with van der Waals surface area (Å²) in [6.07, 6.45) is 47.2. The normalized spacial score (nSPS) is 25.1. The maximum atomic E-state index is 2.48. The van der Waals surface area contributed by atoms with Gasteiger partial charge in [-0.15, -0.1) is 0 Å². The second kappa shape index (κ2) is 23.5. The quantitative estimate of drug-likeness (QED) is 0.144. The first-order valence-electron chi connectivity index (χ1n) is 21.0. The predicted octanol–water partition coefficient (Wildman–Crippen LogP) is 15.0. The fraction of sp³-hybridized carbons (Fsp3) is 0.837. The Hall–Kier alpha value is 0.923. The molecular weight excluding hydrogens is 712 g/mol. The summed E-state index contributed by atoms with van der Waals surface area (Å²) in [5.74, 6) is 0. The monoisotopic (exact) mass is 784 g/mol. The van der Waals surface area contributed by atoms with Gasteiger partial charge < -0.3 is 0 Å². The molecule has 0 spiro atoms. The van der Waals surface area contributed by atoms with E-state index >= 15 is 0 Å². The van der Waals surface area contributed by atoms with Crippen molar-refractivity contribution in [2.45, 2.75) is 231 Å². The summed E-state index contributed by atoms with van der Waals surface area (Å²) in [7, 11) is 0.770. The minimum atomic E-state index is 0.385. The first-order valence-corrected chi connectivity index (χ1v) is 26.0. The van der Waals surface area contributed by atoms with Gasteiger partial charge in [0.05, 0.1) is 0 Å². The van der Waals surface area contributed by atoms with Crippen LogP contribution >= 0.6 is 27.6 Å². The Balaban J connectivity index is 0.000000148. The van der Waals surface area contributed by atoms with Gasteiger partial charge >= 0.3 is 68.8 Å². The van der Waals surface area contributed by atoms with Crippen LogP contribution in [-0.4, -0.2) is 37.9 Å². The Morgan fingerprint density at radius 2 is 0.617 bits per heavy atom. The molecule has 7 rings (SSSR count). The van der Waals surface area contributed by atoms with Crippen LogP contribution in [0.4, 0.5) is 0 Å². The Morgan fingerprint density at radius 3 is 0.830 bits per heavy atom. The van der Waals surface area contributed by atoms with Crippen LogP contribution in [0, 0.1) is 0 Å². The average Bonchev–Trinajstić information content (AvgIpc) is 3.16. The van der Waals surface area contributed by atoms with Gasteiger partial charge in [-0.25, -0.2) is 0 Å². The molecule has 4 heteroatoms. The van der Waals surface area contributed by atoms with Gasteiger partial charge in [0.15, 0.2) is 0 Å². The molecule has 0 unspecified atom stereocenters. The molecule has 6 aliphatic carbocycles. The standard InChI is InChI=1S/2C18H33P.C7H6S.Ru/c2*1-4-10-16(11-5-1)19(17-12-6-2-7-13-17)18-14-8-3-9-15-18;1-8-7-5-3-2-4-6-7;/h2*16-18H,1-15H2;1-6H;. The van der Waals surface area contributed by atoms with E-state index in [0.29, 0.717) is 15.8 Å². The number of thioether (sulfide) groups is 1. The van der Waals surface area contributed by atoms with E-state index in [1.54, 1.807) is 166 Å². The van der Waals surface area contributed by atoms with Gasteiger partial charge in [0.25, 0.3) is 0 Å². The summed E-state index contributed by atoms with van der Waals surface area (Å²) in [5.41, 5.74) is 7.14. The first-order chi connectivity index (χ1) is 23.3. The van der Waals surface area contributed by atoms with Gasteiger partial charge in [0.1, 0.15) is 0 Å². The zero-order chi connectivity index (χ0) is 32.4. The molecule has 0 aliphatic heterocycles. The zero-order valence-electron chi connectivity index (χ0n) is 30.3. The van der Waals surface area contributed by atoms with Crippen molar-refractivity contribution < 1.29 is 17.9 Å². The summed E-state index contributed by atoms with van der Waals surface area (Å²) in [6.45, 7) is 0. The van der Waals surface area contributed by atoms with Crippen molar-refractivity contribution in [3.63, 3.8) is 0 Å². The maximum absolute atomic E-state index is 2.48. The van der Waals surface area contributed by atoms with Crippen LogP contribution in [0.5, 0.6) is 0 Å². The van der Waals surface area contributed by atoms with Crippen LogP contribution in [0.1, 0.15) is 193 Å². The third-order valence-corrected chi connectivity index (χ3v) is 22.3. The Kier molecular flexibility index (Phi) is 19.6. The SMILES string of the molecule is C1CCC(P(C2CCCCC2)C2CCCCC2)CC1.C1CCC(P(C2CCCCC2)C2CCCCC2)CC1.[Ru]=[CH]Sc1ccccc1. The van der Waals surface area contributed by atoms with Crippen LogP contribution in [-0.2, 0) is 17.9 Å². The molecule has 0 radical (unpaired) electrons. The number of benzene rings is 1. The van der Waals surface area contributed by atoms with Crippen molar-refractivity contribution in [2.75, 3.05) is 0 Å². The van der Waals surface area contributed by atoms with Crippen LogP contribution in [0.15, 0.2) is 35.2 Å². The van der Waals surface area contributed by atoms with Gasteiger partial charge in [0.2, 0.25) is 0 Å². The first kappa shape index (κ1) is 39.1. The average molecular weight is 784 g/mol. The second-order valence-electron chi connectivity index (χ2n) is 16.2. The Bertz CT molecular complexity index is 781. The fourth-order valence-electron chi connectivity index (χ4n) is 10.6. The van der Waals surface area contributed by atoms with E-state index in [1.165, 1.54) is 77.4 Å². The number of hydrogen-bond donors (Lipinski definition) is 0. The molecule has 0 bridgehead atoms. The molecule has 0 atom stereocenters. The minimum absolute atomic E-state index is 0.385. The molecule has 0 saturated heterocycles. The van der Waals surface area contributed by atoms with E-state index in [9.17, 15) is 0 Å². The van der Waals surface area contributed by atoms with Crippen molar-refractivity contribution in [3.8, 4) is 0 Å². The predicted molar refractivity (Wildman–Crippen MR) is 213 cm³/mol. The number of rotatable bonds is 8. The fourth-order valence-corrected chi connectivity index (χ4v) is 21.1. The summed E-state index contributed by atoms with van der Waals surface area (Å²) in [6, 6.07) is 10.3. The van der Waals surface area contributed by atoms with Gasteiger partial charge in [-0.05, 0) is 111 Å². The molecular formula is C43H72P2RuS. The van der Waals surface area contributed by atoms with E-state index in [0.717, 1.165) is 0 Å². The van der Waals surface area contributed by atoms with Gasteiger partial charge in [-0.3, -0.25) is 0 Å². The van der Waals surface area contributed by atoms with Crippen molar-refractivity contribution in [3.05, 3.63) is 30.3 Å². The van der Waals surface area contributed by atoms with Gasteiger partial charge in [-0.2, -0.15) is 0 Å². The Morgan fingerprint density at radius 1 is 0.383 bits per heavy atom. The van der Waals surface area contributed by atoms with Crippen molar-refractivity contribution in [1.29, 1.82) is 0 Å². The van der Waals surface area contributed by atoms with E-state index < -0.39 is 0 Å². The molecule has 6 fully saturated rings. The third-order valence-electron chi connectivity index (χ3n) is 12.9. The van der Waals surface area contributed by atoms with Crippen LogP contribution in [0.3, 0.4) is 0 Å². The molecule has 6 saturated carbocycles. The van der Waals surface area contributed by atoms with E-state index in [1.807, 2.05) is 22.1 Å². The van der Waals surface area contributed by atoms with Crippen LogP contribution < -0.4 is 0 Å². The zero-order valence-corrected chi connectivity index (χ0v) is 34.6. The summed E-state index contributed by atoms with van der Waals surface area (Å²) < 4.78 is 2.01. The molecule has 47 heavy (non-hydrogen) atoms. The summed E-state index contributed by atoms with van der Waals surface area (Å²) in [4.78, 5) is 1.29. The molecule has 268 valence electrons. The Labute approximate surface area is 309 Å². The third kappa shape index (κ3) is 13.4. The van der Waals surface area contributed by atoms with Crippen molar-refractivity contribution in [2.24, 2.45) is 0 Å². The van der Waals surface area contributed by atoms with E-state index in [-0.39, 0.29) is 0 Å². The molecule has 6 aliphatic rings. The summed E-state index contributed by atoms with van der Waals surface area (Å²) >= 11 is 4.20. The molecule has 0 aromatic heterocycles. The van der Waals surface area contributed by atoms with E-state index in [2.05, 4.69) is 30.0 Å². The molecule has 0 heterocycles. The van der Waals surface area contributed by atoms with Gasteiger partial charge in [0, 0.05) is 0 Å². The molecule has 0 nitrogen and oxygen atoms in total. The van der Waals surface area contributed by atoms with Crippen molar-refractivity contribution in [1.82, 2.24) is 0 Å². The second-order valence-corrected chi connectivity index (χ2v) is 24.4. The molecule has 1 aromatic rings. The number of hydrogen-bond acceptors (Lipinski definition) is 1. The van der Waals surface area contributed by atoms with Crippen LogP contribution in [0.2, 0.25) is 0 Å². The van der Waals surface area contributed by atoms with Crippen molar-refractivity contribution >= 4 is 31.5 Å². The van der Waals surface area contributed by atoms with Gasteiger partial charge in [-0.1, -0.05) is 131 Å². The molecule has 1 aromatic carbocycles. The topological polar surface area (TPSA) is 0 Å². The molecule has 0 amide bonds.